The Labute approximate surface area is 87.9 Å². The number of hydrogen-bond acceptors (Lipinski definition) is 4. The normalized spacial score (nSPS) is 11.0. The third-order valence-corrected chi connectivity index (χ3v) is 2.15. The number of aryl methyl sites for hydroxylation is 1. The molecular weight excluding hydrogens is 192 g/mol. The van der Waals surface area contributed by atoms with E-state index in [1.807, 2.05) is 12.3 Å². The van der Waals surface area contributed by atoms with Gasteiger partial charge in [-0.1, -0.05) is 0 Å². The minimum atomic E-state index is 0.707. The van der Waals surface area contributed by atoms with E-state index in [0.717, 1.165) is 30.9 Å². The molecule has 2 aromatic rings. The van der Waals surface area contributed by atoms with Crippen molar-refractivity contribution in [2.75, 3.05) is 19.5 Å². The molecule has 0 saturated carbocycles. The highest BCUT2D eigenvalue weighted by Crippen LogP contribution is 2.07. The van der Waals surface area contributed by atoms with Crippen molar-refractivity contribution in [1.82, 2.24) is 14.6 Å². The van der Waals surface area contributed by atoms with Gasteiger partial charge in [-0.05, 0) is 12.5 Å². The van der Waals surface area contributed by atoms with E-state index in [1.54, 1.807) is 17.7 Å². The molecule has 0 aliphatic heterocycles. The number of nitrogen functional groups attached to an aromatic ring is 1. The predicted molar refractivity (Wildman–Crippen MR) is 57.6 cm³/mol. The molecular formula is C10H14N4O. The van der Waals surface area contributed by atoms with E-state index >= 15 is 0 Å². The summed E-state index contributed by atoms with van der Waals surface area (Å²) in [6.45, 7) is 0.734. The van der Waals surface area contributed by atoms with Gasteiger partial charge in [-0.15, -0.1) is 0 Å². The monoisotopic (exact) mass is 206 g/mol. The van der Waals surface area contributed by atoms with Crippen molar-refractivity contribution in [2.24, 2.45) is 0 Å². The third kappa shape index (κ3) is 2.24. The van der Waals surface area contributed by atoms with Gasteiger partial charge in [0.25, 0.3) is 0 Å². The fraction of sp³-hybridized carbons (Fsp3) is 0.400. The van der Waals surface area contributed by atoms with Crippen molar-refractivity contribution < 1.29 is 4.74 Å². The quantitative estimate of drug-likeness (QED) is 0.754. The predicted octanol–water partition coefficient (Wildman–Crippen LogP) is 0.890. The van der Waals surface area contributed by atoms with Crippen LogP contribution in [0.15, 0.2) is 18.3 Å². The van der Waals surface area contributed by atoms with Crippen molar-refractivity contribution in [3.8, 4) is 0 Å². The minimum absolute atomic E-state index is 0.707. The molecule has 0 bridgehead atoms. The van der Waals surface area contributed by atoms with E-state index in [1.165, 1.54) is 0 Å². The van der Waals surface area contributed by atoms with Crippen molar-refractivity contribution in [1.29, 1.82) is 0 Å². The van der Waals surface area contributed by atoms with Gasteiger partial charge in [-0.2, -0.15) is 5.10 Å². The molecule has 0 fully saturated rings. The Morgan fingerprint density at radius 1 is 1.53 bits per heavy atom. The van der Waals surface area contributed by atoms with Gasteiger partial charge in [0, 0.05) is 38.1 Å². The maximum Gasteiger partial charge on any atom is 0.157 e. The molecule has 0 saturated heterocycles. The maximum atomic E-state index is 5.65. The summed E-state index contributed by atoms with van der Waals surface area (Å²) in [5.41, 5.74) is 7.15. The molecule has 2 aromatic heterocycles. The second-order valence-electron chi connectivity index (χ2n) is 3.39. The average molecular weight is 206 g/mol. The summed E-state index contributed by atoms with van der Waals surface area (Å²) in [7, 11) is 1.69. The van der Waals surface area contributed by atoms with Crippen LogP contribution >= 0.6 is 0 Å². The highest BCUT2D eigenvalue weighted by molar-refractivity contribution is 5.50. The van der Waals surface area contributed by atoms with Crippen LogP contribution in [0.2, 0.25) is 0 Å². The van der Waals surface area contributed by atoms with Gasteiger partial charge in [0.15, 0.2) is 11.5 Å². The summed E-state index contributed by atoms with van der Waals surface area (Å²) in [5.74, 6) is 0.831. The van der Waals surface area contributed by atoms with Crippen LogP contribution < -0.4 is 5.73 Å². The number of hydrogen-bond donors (Lipinski definition) is 1. The SMILES string of the molecule is COCCCc1nc2cc(N)ccn2n1. The Bertz CT molecular complexity index is 452. The number of nitrogens with zero attached hydrogens (tertiary/aromatic N) is 3. The first-order valence-electron chi connectivity index (χ1n) is 4.89. The first-order valence-corrected chi connectivity index (χ1v) is 4.89. The van der Waals surface area contributed by atoms with Gasteiger partial charge in [-0.3, -0.25) is 0 Å². The van der Waals surface area contributed by atoms with Crippen LogP contribution in [-0.2, 0) is 11.2 Å². The van der Waals surface area contributed by atoms with E-state index in [9.17, 15) is 0 Å². The van der Waals surface area contributed by atoms with Gasteiger partial charge in [0.05, 0.1) is 0 Å². The molecule has 2 rings (SSSR count). The number of nitrogens with two attached hydrogens (primary N) is 1. The summed E-state index contributed by atoms with van der Waals surface area (Å²) in [5, 5.41) is 4.32. The molecule has 2 N–H and O–H groups in total. The lowest BCUT2D eigenvalue weighted by molar-refractivity contribution is 0.194. The second-order valence-corrected chi connectivity index (χ2v) is 3.39. The molecule has 0 radical (unpaired) electrons. The lowest BCUT2D eigenvalue weighted by Crippen LogP contribution is -1.95. The molecule has 80 valence electrons. The number of pyridine rings is 1. The van der Waals surface area contributed by atoms with Crippen LogP contribution in [0.5, 0.6) is 0 Å². The van der Waals surface area contributed by atoms with Crippen LogP contribution in [0.25, 0.3) is 5.65 Å². The van der Waals surface area contributed by atoms with Gasteiger partial charge in [0.1, 0.15) is 0 Å². The number of rotatable bonds is 4. The number of fused-ring (bicyclic) bond motifs is 1. The number of aromatic nitrogens is 3. The van der Waals surface area contributed by atoms with Crippen LogP contribution in [-0.4, -0.2) is 28.3 Å². The summed E-state index contributed by atoms with van der Waals surface area (Å²) >= 11 is 0. The van der Waals surface area contributed by atoms with E-state index < -0.39 is 0 Å². The van der Waals surface area contributed by atoms with Crippen molar-refractivity contribution in [3.05, 3.63) is 24.2 Å². The fourth-order valence-corrected chi connectivity index (χ4v) is 1.42. The highest BCUT2D eigenvalue weighted by atomic mass is 16.5. The summed E-state index contributed by atoms with van der Waals surface area (Å²) in [6.07, 6.45) is 3.58. The van der Waals surface area contributed by atoms with Crippen molar-refractivity contribution in [3.63, 3.8) is 0 Å². The Morgan fingerprint density at radius 2 is 2.40 bits per heavy atom. The molecule has 0 unspecified atom stereocenters. The number of anilines is 1. The standard InChI is InChI=1S/C10H14N4O/c1-15-6-2-3-9-12-10-7-8(11)4-5-14(10)13-9/h4-5,7H,2-3,6,11H2,1H3. The zero-order valence-electron chi connectivity index (χ0n) is 8.68. The smallest absolute Gasteiger partial charge is 0.157 e. The zero-order valence-corrected chi connectivity index (χ0v) is 8.68. The molecule has 5 heteroatoms. The largest absolute Gasteiger partial charge is 0.399 e. The Kier molecular flexibility index (Phi) is 2.82. The second kappa shape index (κ2) is 4.27. The topological polar surface area (TPSA) is 65.4 Å². The van der Waals surface area contributed by atoms with E-state index in [4.69, 9.17) is 10.5 Å². The van der Waals surface area contributed by atoms with Gasteiger partial charge < -0.3 is 10.5 Å². The third-order valence-electron chi connectivity index (χ3n) is 2.15. The maximum absolute atomic E-state index is 5.65. The number of ether oxygens (including phenoxy) is 1. The summed E-state index contributed by atoms with van der Waals surface area (Å²) in [6, 6.07) is 3.62. The lowest BCUT2D eigenvalue weighted by Gasteiger charge is -1.93. The number of methoxy groups -OCH3 is 1. The van der Waals surface area contributed by atoms with Crippen LogP contribution in [0.3, 0.4) is 0 Å². The van der Waals surface area contributed by atoms with Gasteiger partial charge in [-0.25, -0.2) is 9.50 Å². The molecule has 2 heterocycles. The first kappa shape index (κ1) is 9.92. The molecule has 0 spiro atoms. The molecule has 0 aliphatic carbocycles. The van der Waals surface area contributed by atoms with Gasteiger partial charge in [0.2, 0.25) is 0 Å². The van der Waals surface area contributed by atoms with E-state index in [2.05, 4.69) is 10.1 Å². The average Bonchev–Trinajstić information content (AvgIpc) is 2.60. The molecule has 0 aliphatic rings. The van der Waals surface area contributed by atoms with Crippen LogP contribution in [0, 0.1) is 0 Å². The van der Waals surface area contributed by atoms with E-state index in [-0.39, 0.29) is 0 Å². The Balaban J connectivity index is 2.16. The molecule has 5 nitrogen and oxygen atoms in total. The molecule has 0 atom stereocenters. The molecule has 0 amide bonds. The Morgan fingerprint density at radius 3 is 3.20 bits per heavy atom. The van der Waals surface area contributed by atoms with Crippen molar-refractivity contribution >= 4 is 11.3 Å². The molecule has 0 aromatic carbocycles. The first-order chi connectivity index (χ1) is 7.29. The minimum Gasteiger partial charge on any atom is -0.399 e. The van der Waals surface area contributed by atoms with E-state index in [0.29, 0.717) is 5.69 Å². The van der Waals surface area contributed by atoms with Crippen molar-refractivity contribution in [2.45, 2.75) is 12.8 Å². The fourth-order valence-electron chi connectivity index (χ4n) is 1.42. The summed E-state index contributed by atoms with van der Waals surface area (Å²) in [4.78, 5) is 4.36. The molecule has 15 heavy (non-hydrogen) atoms. The zero-order chi connectivity index (χ0) is 10.7. The highest BCUT2D eigenvalue weighted by Gasteiger charge is 2.02. The summed E-state index contributed by atoms with van der Waals surface area (Å²) < 4.78 is 6.71. The van der Waals surface area contributed by atoms with Crippen LogP contribution in [0.4, 0.5) is 5.69 Å². The van der Waals surface area contributed by atoms with Gasteiger partial charge >= 0.3 is 0 Å². The Hall–Kier alpha value is -1.62. The van der Waals surface area contributed by atoms with Crippen LogP contribution in [0.1, 0.15) is 12.2 Å². The lowest BCUT2D eigenvalue weighted by atomic mass is 10.3.